The number of aliphatic hydroxyl groups is 1. The van der Waals surface area contributed by atoms with Crippen LogP contribution >= 0.6 is 0 Å². The summed E-state index contributed by atoms with van der Waals surface area (Å²) in [7, 11) is 0. The van der Waals surface area contributed by atoms with Gasteiger partial charge in [-0.2, -0.15) is 0 Å². The molecule has 8 heteroatoms. The van der Waals surface area contributed by atoms with E-state index in [2.05, 4.69) is 21.7 Å². The molecule has 2 saturated carbocycles. The Morgan fingerprint density at radius 3 is 2.84 bits per heavy atom. The number of benzene rings is 1. The molecule has 1 aliphatic heterocycles. The molecule has 7 nitrogen and oxygen atoms in total. The average Bonchev–Trinajstić information content (AvgIpc) is 3.21. The number of aromatic nitrogens is 1. The number of allylic oxidation sites excluding steroid dienone is 1. The summed E-state index contributed by atoms with van der Waals surface area (Å²) in [5.74, 6) is 0.0498. The number of carbonyl (C=O) groups is 2. The van der Waals surface area contributed by atoms with Gasteiger partial charge in [0.15, 0.2) is 0 Å². The summed E-state index contributed by atoms with van der Waals surface area (Å²) in [5.41, 5.74) is 2.40. The predicted octanol–water partition coefficient (Wildman–Crippen LogP) is 4.17. The van der Waals surface area contributed by atoms with Gasteiger partial charge in [0.05, 0.1) is 24.8 Å². The highest BCUT2D eigenvalue weighted by Gasteiger charge is 2.53. The zero-order chi connectivity index (χ0) is 25.9. The normalized spacial score (nSPS) is 30.9. The molecule has 2 heterocycles. The van der Waals surface area contributed by atoms with Gasteiger partial charge in [-0.05, 0) is 86.1 Å². The molecule has 0 bridgehead atoms. The van der Waals surface area contributed by atoms with E-state index in [0.29, 0.717) is 18.4 Å². The van der Waals surface area contributed by atoms with Crippen LogP contribution in [0.5, 0.6) is 0 Å². The Bertz CT molecular complexity index is 1150. The van der Waals surface area contributed by atoms with Gasteiger partial charge in [0.25, 0.3) is 0 Å². The number of hydrogen-bond donors (Lipinski definition) is 3. The number of amides is 2. The number of ether oxygens (including phenoxy) is 1. The Balaban J connectivity index is 1.35. The number of halogens is 1. The summed E-state index contributed by atoms with van der Waals surface area (Å²) in [5, 5.41) is 16.2. The SMILES string of the molecule is CCOC(=O)N[C@H]1CC[C@@H]2[C@@H](C1)C[C@H]1NC(=O)[C@H](CO)[C@H]1[C@H]2/C=C/c1ccc(-c2cccc(F)c2)cn1. The maximum Gasteiger partial charge on any atom is 0.407 e. The Morgan fingerprint density at radius 2 is 2.11 bits per heavy atom. The lowest BCUT2D eigenvalue weighted by Gasteiger charge is -2.48. The molecule has 3 aliphatic rings. The third-order valence-corrected chi connectivity index (χ3v) is 8.36. The van der Waals surface area contributed by atoms with Gasteiger partial charge < -0.3 is 20.5 Å². The first-order valence-corrected chi connectivity index (χ1v) is 13.2. The van der Waals surface area contributed by atoms with Crippen molar-refractivity contribution in [3.8, 4) is 11.1 Å². The number of nitrogens with one attached hydrogen (secondary N) is 2. The van der Waals surface area contributed by atoms with Crippen molar-refractivity contribution in [3.63, 3.8) is 0 Å². The minimum Gasteiger partial charge on any atom is -0.450 e. The number of carbonyl (C=O) groups excluding carboxylic acids is 2. The first-order valence-electron chi connectivity index (χ1n) is 13.2. The second-order valence-electron chi connectivity index (χ2n) is 10.4. The monoisotopic (exact) mass is 507 g/mol. The molecule has 7 atom stereocenters. The van der Waals surface area contributed by atoms with Gasteiger partial charge in [-0.15, -0.1) is 0 Å². The summed E-state index contributed by atoms with van der Waals surface area (Å²) in [6, 6.07) is 10.3. The van der Waals surface area contributed by atoms with Gasteiger partial charge in [0, 0.05) is 23.8 Å². The second-order valence-corrected chi connectivity index (χ2v) is 10.4. The Hall–Kier alpha value is -3.26. The lowest BCUT2D eigenvalue weighted by Crippen LogP contribution is -2.50. The maximum absolute atomic E-state index is 13.6. The molecule has 2 aromatic rings. The van der Waals surface area contributed by atoms with Gasteiger partial charge in [-0.1, -0.05) is 24.3 Å². The summed E-state index contributed by atoms with van der Waals surface area (Å²) in [6.07, 6.45) is 9.01. The van der Waals surface area contributed by atoms with E-state index in [0.717, 1.165) is 42.5 Å². The minimum absolute atomic E-state index is 0.00482. The topological polar surface area (TPSA) is 101 Å². The largest absolute Gasteiger partial charge is 0.450 e. The highest BCUT2D eigenvalue weighted by Crippen LogP contribution is 2.51. The number of nitrogens with zero attached hydrogens (tertiary/aromatic N) is 1. The lowest BCUT2D eigenvalue weighted by molar-refractivity contribution is -0.124. The fourth-order valence-corrected chi connectivity index (χ4v) is 6.77. The van der Waals surface area contributed by atoms with Crippen LogP contribution in [0.25, 0.3) is 17.2 Å². The summed E-state index contributed by atoms with van der Waals surface area (Å²) >= 11 is 0. The van der Waals surface area contributed by atoms with Crippen LogP contribution in [-0.4, -0.2) is 47.4 Å². The van der Waals surface area contributed by atoms with Gasteiger partial charge in [-0.25, -0.2) is 9.18 Å². The molecule has 0 unspecified atom stereocenters. The van der Waals surface area contributed by atoms with E-state index in [1.54, 1.807) is 19.2 Å². The molecule has 2 amide bonds. The van der Waals surface area contributed by atoms with E-state index >= 15 is 0 Å². The highest BCUT2D eigenvalue weighted by molar-refractivity contribution is 5.82. The van der Waals surface area contributed by atoms with Crippen molar-refractivity contribution in [2.75, 3.05) is 13.2 Å². The molecule has 3 fully saturated rings. The fraction of sp³-hybridized carbons (Fsp3) is 0.483. The number of hydrogen-bond acceptors (Lipinski definition) is 5. The van der Waals surface area contributed by atoms with Crippen molar-refractivity contribution in [2.45, 2.75) is 44.7 Å². The van der Waals surface area contributed by atoms with Gasteiger partial charge in [0.2, 0.25) is 5.91 Å². The third kappa shape index (κ3) is 5.39. The van der Waals surface area contributed by atoms with Gasteiger partial charge in [-0.3, -0.25) is 9.78 Å². The van der Waals surface area contributed by atoms with E-state index in [4.69, 9.17) is 4.74 Å². The van der Waals surface area contributed by atoms with Crippen LogP contribution < -0.4 is 10.6 Å². The maximum atomic E-state index is 13.6. The quantitative estimate of drug-likeness (QED) is 0.545. The van der Waals surface area contributed by atoms with Crippen LogP contribution in [0.2, 0.25) is 0 Å². The van der Waals surface area contributed by atoms with Crippen molar-refractivity contribution in [2.24, 2.45) is 29.6 Å². The Kier molecular flexibility index (Phi) is 7.55. The number of rotatable bonds is 6. The first-order chi connectivity index (χ1) is 18.0. The Morgan fingerprint density at radius 1 is 1.24 bits per heavy atom. The molecule has 1 aromatic heterocycles. The van der Waals surface area contributed by atoms with Crippen LogP contribution in [0.4, 0.5) is 9.18 Å². The first kappa shape index (κ1) is 25.4. The van der Waals surface area contributed by atoms with Crippen LogP contribution in [0.15, 0.2) is 48.7 Å². The summed E-state index contributed by atoms with van der Waals surface area (Å²) < 4.78 is 18.7. The molecule has 0 radical (unpaired) electrons. The lowest BCUT2D eigenvalue weighted by atomic mass is 9.57. The average molecular weight is 508 g/mol. The molecular weight excluding hydrogens is 473 g/mol. The van der Waals surface area contributed by atoms with E-state index < -0.39 is 5.92 Å². The van der Waals surface area contributed by atoms with Crippen molar-refractivity contribution >= 4 is 18.1 Å². The van der Waals surface area contributed by atoms with E-state index in [9.17, 15) is 19.1 Å². The predicted molar refractivity (Wildman–Crippen MR) is 138 cm³/mol. The number of fused-ring (bicyclic) bond motifs is 2. The zero-order valence-electron chi connectivity index (χ0n) is 21.0. The van der Waals surface area contributed by atoms with Crippen molar-refractivity contribution in [1.29, 1.82) is 0 Å². The van der Waals surface area contributed by atoms with E-state index in [-0.39, 0.29) is 48.3 Å². The van der Waals surface area contributed by atoms with Crippen molar-refractivity contribution in [3.05, 3.63) is 60.2 Å². The number of pyridine rings is 1. The number of alkyl carbamates (subject to hydrolysis) is 1. The molecule has 1 aromatic carbocycles. The van der Waals surface area contributed by atoms with Gasteiger partial charge in [0.1, 0.15) is 5.82 Å². The molecule has 37 heavy (non-hydrogen) atoms. The fourth-order valence-electron chi connectivity index (χ4n) is 6.77. The zero-order valence-corrected chi connectivity index (χ0v) is 21.0. The van der Waals surface area contributed by atoms with Crippen LogP contribution in [0.1, 0.15) is 38.3 Å². The van der Waals surface area contributed by atoms with E-state index in [1.165, 1.54) is 12.1 Å². The molecule has 2 aliphatic carbocycles. The molecular formula is C29H34FN3O4. The number of aliphatic hydroxyl groups excluding tert-OH is 1. The molecule has 5 rings (SSSR count). The highest BCUT2D eigenvalue weighted by atomic mass is 19.1. The third-order valence-electron chi connectivity index (χ3n) is 8.36. The second kappa shape index (κ2) is 11.0. The molecule has 0 spiro atoms. The van der Waals surface area contributed by atoms with Gasteiger partial charge >= 0.3 is 6.09 Å². The van der Waals surface area contributed by atoms with Crippen LogP contribution in [-0.2, 0) is 9.53 Å². The molecule has 196 valence electrons. The minimum atomic E-state index is -0.417. The van der Waals surface area contributed by atoms with Crippen molar-refractivity contribution in [1.82, 2.24) is 15.6 Å². The van der Waals surface area contributed by atoms with Crippen LogP contribution in [0, 0.1) is 35.4 Å². The van der Waals surface area contributed by atoms with Crippen molar-refractivity contribution < 1.29 is 23.8 Å². The summed E-state index contributed by atoms with van der Waals surface area (Å²) in [6.45, 7) is 1.97. The molecule has 3 N–H and O–H groups in total. The summed E-state index contributed by atoms with van der Waals surface area (Å²) in [4.78, 5) is 29.2. The smallest absolute Gasteiger partial charge is 0.407 e. The van der Waals surface area contributed by atoms with E-state index in [1.807, 2.05) is 24.3 Å². The molecule has 1 saturated heterocycles. The Labute approximate surface area is 216 Å². The standard InChI is InChI=1S/C29H34FN3O4/c1-2-37-29(36)32-22-9-10-23-19(13-22)14-26-27(25(16-34)28(35)33-26)24(23)11-8-21-7-6-18(15-31-21)17-4-3-5-20(30)12-17/h3-8,11-12,15,19,22-27,34H,2,9-10,13-14,16H2,1H3,(H,32,36)(H,33,35)/b11-8+/t19-,22-,23+,24-,25+,26+,27+/m0/s1. The van der Waals surface area contributed by atoms with Crippen LogP contribution in [0.3, 0.4) is 0 Å².